The minimum Gasteiger partial charge on any atom is -0.481 e. The molecule has 55 heavy (non-hydrogen) atoms. The molecule has 6 rings (SSSR count). The van der Waals surface area contributed by atoms with Gasteiger partial charge in [0.25, 0.3) is 0 Å². The second-order valence-corrected chi connectivity index (χ2v) is 14.5. The molecule has 4 aromatic rings. The Hall–Kier alpha value is -5.44. The van der Waals surface area contributed by atoms with Gasteiger partial charge in [0.15, 0.2) is 6.29 Å². The molecular weight excluding hydrogens is 743 g/mol. The predicted molar refractivity (Wildman–Crippen MR) is 195 cm³/mol. The van der Waals surface area contributed by atoms with Gasteiger partial charge in [-0.1, -0.05) is 29.8 Å². The highest BCUT2D eigenvalue weighted by atomic mass is 35.5. The molecule has 1 N–H and O–H groups in total. The summed E-state index contributed by atoms with van der Waals surface area (Å²) in [5.41, 5.74) is 1.87. The number of ether oxygens (including phenoxy) is 4. The summed E-state index contributed by atoms with van der Waals surface area (Å²) in [5.74, 6) is -0.795. The first-order valence-electron chi connectivity index (χ1n) is 17.5. The van der Waals surface area contributed by atoms with E-state index in [2.05, 4.69) is 15.3 Å². The van der Waals surface area contributed by atoms with Crippen LogP contribution in [-0.4, -0.2) is 70.5 Å². The number of halogens is 4. The lowest BCUT2D eigenvalue weighted by atomic mass is 9.98. The zero-order valence-electron chi connectivity index (χ0n) is 30.8. The highest BCUT2D eigenvalue weighted by Gasteiger charge is 2.39. The third-order valence-electron chi connectivity index (χ3n) is 9.17. The van der Waals surface area contributed by atoms with Crippen LogP contribution in [0.4, 0.5) is 18.0 Å². The molecule has 2 amide bonds. The van der Waals surface area contributed by atoms with Gasteiger partial charge in [-0.15, -0.1) is 0 Å². The number of carbonyl (C=O) groups excluding carboxylic acids is 3. The first-order valence-corrected chi connectivity index (χ1v) is 17.8. The lowest BCUT2D eigenvalue weighted by Gasteiger charge is -2.29. The summed E-state index contributed by atoms with van der Waals surface area (Å²) in [6, 6.07) is 11.0. The van der Waals surface area contributed by atoms with Gasteiger partial charge >= 0.3 is 12.3 Å². The van der Waals surface area contributed by atoms with Crippen LogP contribution in [0.3, 0.4) is 0 Å². The Morgan fingerprint density at radius 2 is 1.76 bits per heavy atom. The van der Waals surface area contributed by atoms with Crippen molar-refractivity contribution in [3.05, 3.63) is 81.5 Å². The molecule has 2 atom stereocenters. The molecule has 0 saturated carbocycles. The number of methoxy groups -OCH3 is 2. The molecule has 0 bridgehead atoms. The fourth-order valence-corrected chi connectivity index (χ4v) is 7.00. The molecule has 3 aromatic heterocycles. The minimum absolute atomic E-state index is 0.0694. The largest absolute Gasteiger partial charge is 0.481 e. The van der Waals surface area contributed by atoms with E-state index in [1.54, 1.807) is 57.3 Å². The van der Waals surface area contributed by atoms with E-state index >= 15 is 0 Å². The predicted octanol–water partition coefficient (Wildman–Crippen LogP) is 7.79. The molecule has 2 aliphatic rings. The number of hydrogen-bond acceptors (Lipinski definition) is 10. The molecule has 290 valence electrons. The third-order valence-corrected chi connectivity index (χ3v) is 9.55. The van der Waals surface area contributed by atoms with Crippen molar-refractivity contribution in [3.8, 4) is 40.2 Å². The van der Waals surface area contributed by atoms with Crippen molar-refractivity contribution in [2.75, 3.05) is 20.8 Å². The van der Waals surface area contributed by atoms with Crippen LogP contribution in [0, 0.1) is 0 Å². The molecule has 1 aliphatic heterocycles. The molecule has 1 saturated heterocycles. The quantitative estimate of drug-likeness (QED) is 0.150. The zero-order chi connectivity index (χ0) is 39.7. The lowest BCUT2D eigenvalue weighted by Crippen LogP contribution is -2.43. The average Bonchev–Trinajstić information content (AvgIpc) is 3.75. The van der Waals surface area contributed by atoms with Crippen LogP contribution >= 0.6 is 11.6 Å². The van der Waals surface area contributed by atoms with Crippen LogP contribution in [0.1, 0.15) is 78.7 Å². The Kier molecular flexibility index (Phi) is 11.2. The second kappa shape index (κ2) is 15.7. The van der Waals surface area contributed by atoms with Gasteiger partial charge in [0, 0.05) is 41.9 Å². The number of pyridine rings is 3. The Balaban J connectivity index is 1.29. The maximum Gasteiger partial charge on any atom is 0.421 e. The number of aldehydes is 1. The average molecular weight is 782 g/mol. The van der Waals surface area contributed by atoms with E-state index < -0.39 is 35.4 Å². The maximum absolute atomic E-state index is 14.0. The standard InChI is InChI=1S/C39H39ClF3N5O7/c1-38(2,3)55-37(51)48(19-23-10-14-31(50)45-23)18-21-9-12-29(46-34(21)52-4)27-15-16-44-33(32(27)40)26-8-6-7-25-24(26)11-13-30(25)54-36-28(39(41,42)43)17-22(20-49)35(47-36)53-5/h6-9,12,15-17,20,23,30H,10-11,13-14,18-19H2,1-5H3,(H,45,50)/t23-,30-/m0/s1. The number of nitrogens with zero attached hydrogens (tertiary/aromatic N) is 4. The van der Waals surface area contributed by atoms with E-state index in [1.165, 1.54) is 19.1 Å². The Morgan fingerprint density at radius 1 is 1.00 bits per heavy atom. The summed E-state index contributed by atoms with van der Waals surface area (Å²) < 4.78 is 64.4. The van der Waals surface area contributed by atoms with Gasteiger partial charge in [0.1, 0.15) is 17.3 Å². The zero-order valence-corrected chi connectivity index (χ0v) is 31.5. The molecule has 0 unspecified atom stereocenters. The van der Waals surface area contributed by atoms with E-state index in [1.807, 2.05) is 6.07 Å². The molecule has 12 nitrogen and oxygen atoms in total. The summed E-state index contributed by atoms with van der Waals surface area (Å²) in [7, 11) is 2.67. The van der Waals surface area contributed by atoms with Crippen molar-refractivity contribution in [2.24, 2.45) is 0 Å². The molecule has 0 radical (unpaired) electrons. The van der Waals surface area contributed by atoms with Crippen LogP contribution < -0.4 is 19.5 Å². The van der Waals surface area contributed by atoms with Crippen molar-refractivity contribution < 1.29 is 46.5 Å². The molecular formula is C39H39ClF3N5O7. The van der Waals surface area contributed by atoms with Crippen LogP contribution in [-0.2, 0) is 28.7 Å². The topological polar surface area (TPSA) is 142 Å². The second-order valence-electron chi connectivity index (χ2n) is 14.1. The Morgan fingerprint density at radius 3 is 2.42 bits per heavy atom. The van der Waals surface area contributed by atoms with E-state index in [0.717, 1.165) is 5.56 Å². The number of hydrogen-bond donors (Lipinski definition) is 1. The molecule has 1 aliphatic carbocycles. The smallest absolute Gasteiger partial charge is 0.421 e. The first kappa shape index (κ1) is 39.3. The molecule has 1 fully saturated rings. The van der Waals surface area contributed by atoms with Crippen molar-refractivity contribution in [3.63, 3.8) is 0 Å². The van der Waals surface area contributed by atoms with Crippen LogP contribution in [0.15, 0.2) is 48.7 Å². The Labute approximate surface area is 320 Å². The van der Waals surface area contributed by atoms with Gasteiger partial charge in [0.2, 0.25) is 23.5 Å². The number of nitrogens with one attached hydrogen (secondary N) is 1. The SMILES string of the molecule is COc1nc(O[C@H]2CCc3c(-c4nccc(-c5ccc(CN(C[C@@H]6CCC(=O)N6)C(=O)OC(C)(C)C)c(OC)n5)c4Cl)cccc32)c(C(F)(F)F)cc1C=O. The molecule has 1 aromatic carbocycles. The number of carbonyl (C=O) groups is 3. The Bertz CT molecular complexity index is 2120. The van der Waals surface area contributed by atoms with Gasteiger partial charge in [0.05, 0.1) is 42.7 Å². The van der Waals surface area contributed by atoms with E-state index in [4.69, 9.17) is 35.5 Å². The summed E-state index contributed by atoms with van der Waals surface area (Å²) in [4.78, 5) is 51.3. The van der Waals surface area contributed by atoms with Crippen LogP contribution in [0.5, 0.6) is 17.6 Å². The number of fused-ring (bicyclic) bond motifs is 1. The fraction of sp³-hybridized carbons (Fsp3) is 0.385. The van der Waals surface area contributed by atoms with E-state index in [9.17, 15) is 27.6 Å². The summed E-state index contributed by atoms with van der Waals surface area (Å²) >= 11 is 7.05. The van der Waals surface area contributed by atoms with Crippen LogP contribution in [0.25, 0.3) is 22.5 Å². The highest BCUT2D eigenvalue weighted by Crippen LogP contribution is 2.45. The van der Waals surface area contributed by atoms with Gasteiger partial charge in [-0.25, -0.2) is 9.78 Å². The number of aromatic nitrogens is 3. The van der Waals surface area contributed by atoms with Crippen molar-refractivity contribution in [1.29, 1.82) is 0 Å². The lowest BCUT2D eigenvalue weighted by molar-refractivity contribution is -0.139. The fourth-order valence-electron chi connectivity index (χ4n) is 6.69. The highest BCUT2D eigenvalue weighted by molar-refractivity contribution is 6.35. The molecule has 4 heterocycles. The maximum atomic E-state index is 14.0. The third kappa shape index (κ3) is 8.61. The van der Waals surface area contributed by atoms with Crippen LogP contribution in [0.2, 0.25) is 5.02 Å². The van der Waals surface area contributed by atoms with Gasteiger partial charge in [-0.05, 0) is 75.4 Å². The van der Waals surface area contributed by atoms with E-state index in [-0.39, 0.29) is 53.7 Å². The van der Waals surface area contributed by atoms with Crippen molar-refractivity contribution in [1.82, 2.24) is 25.2 Å². The molecule has 0 spiro atoms. The summed E-state index contributed by atoms with van der Waals surface area (Å²) in [5, 5.41) is 3.18. The van der Waals surface area contributed by atoms with Gasteiger partial charge in [-0.3, -0.25) is 14.6 Å². The van der Waals surface area contributed by atoms with Crippen molar-refractivity contribution in [2.45, 2.75) is 76.9 Å². The number of alkyl halides is 3. The van der Waals surface area contributed by atoms with Gasteiger partial charge < -0.3 is 29.2 Å². The molecule has 16 heteroatoms. The van der Waals surface area contributed by atoms with E-state index in [0.29, 0.717) is 65.4 Å². The minimum atomic E-state index is -4.84. The summed E-state index contributed by atoms with van der Waals surface area (Å²) in [6.07, 6.45) is -2.58. The number of amides is 2. The summed E-state index contributed by atoms with van der Waals surface area (Å²) in [6.45, 7) is 5.66. The normalized spacial score (nSPS) is 16.6. The van der Waals surface area contributed by atoms with Gasteiger partial charge in [-0.2, -0.15) is 18.2 Å². The number of benzene rings is 1. The van der Waals surface area contributed by atoms with Crippen molar-refractivity contribution >= 4 is 29.9 Å². The first-order chi connectivity index (χ1) is 26.1. The monoisotopic (exact) mass is 781 g/mol. The number of rotatable bonds is 11.